The lowest BCUT2D eigenvalue weighted by atomic mass is 10.2. The number of rotatable bonds is 8. The monoisotopic (exact) mass is 509 g/mol. The van der Waals surface area contributed by atoms with Gasteiger partial charge in [0, 0.05) is 3.57 Å². The Morgan fingerprint density at radius 1 is 0.962 bits per heavy atom. The number of hydrogen-bond acceptors (Lipinski definition) is 6. The summed E-state index contributed by atoms with van der Waals surface area (Å²) < 4.78 is 55.6. The van der Waals surface area contributed by atoms with Gasteiger partial charge in [-0.25, -0.2) is 21.6 Å². The minimum absolute atomic E-state index is 0.0320. The fraction of sp³-hybridized carbons (Fsp3) is 0.188. The van der Waals surface area contributed by atoms with Crippen LogP contribution < -0.4 is 4.13 Å². The second-order valence-electron chi connectivity index (χ2n) is 5.22. The van der Waals surface area contributed by atoms with Crippen LogP contribution in [-0.4, -0.2) is 35.2 Å². The first-order chi connectivity index (χ1) is 12.2. The maximum atomic E-state index is 12.0. The highest BCUT2D eigenvalue weighted by Gasteiger charge is 2.22. The quantitative estimate of drug-likeness (QED) is 0.332. The third kappa shape index (κ3) is 6.34. The summed E-state index contributed by atoms with van der Waals surface area (Å²) in [6.07, 6.45) is -0.0320. The molecule has 0 heterocycles. The molecule has 140 valence electrons. The average molecular weight is 509 g/mol. The minimum Gasteiger partial charge on any atom is -0.462 e. The summed E-state index contributed by atoms with van der Waals surface area (Å²) in [5, 5.41) is 0. The fourth-order valence-corrected chi connectivity index (χ4v) is 5.37. The minimum atomic E-state index is -4.16. The van der Waals surface area contributed by atoms with Crippen LogP contribution in [0.15, 0.2) is 59.5 Å². The molecule has 2 rings (SSSR count). The normalized spacial score (nSPS) is 11.9. The van der Waals surface area contributed by atoms with Crippen molar-refractivity contribution in [2.45, 2.75) is 11.3 Å². The van der Waals surface area contributed by atoms with E-state index in [9.17, 15) is 21.6 Å². The van der Waals surface area contributed by atoms with Gasteiger partial charge in [-0.05, 0) is 65.4 Å². The van der Waals surface area contributed by atoms with Crippen molar-refractivity contribution in [1.29, 1.82) is 0 Å². The summed E-state index contributed by atoms with van der Waals surface area (Å²) in [4.78, 5) is 11.7. The first-order valence-electron chi connectivity index (χ1n) is 7.44. The summed E-state index contributed by atoms with van der Waals surface area (Å²) in [6.45, 7) is -0.142. The second kappa shape index (κ2) is 8.93. The molecule has 1 N–H and O–H groups in total. The molecule has 2 aromatic rings. The summed E-state index contributed by atoms with van der Waals surface area (Å²) >= 11 is 2.10. The molecule has 26 heavy (non-hydrogen) atoms. The molecule has 0 fully saturated rings. The van der Waals surface area contributed by atoms with E-state index in [-0.39, 0.29) is 17.9 Å². The summed E-state index contributed by atoms with van der Waals surface area (Å²) in [5.74, 6) is -1.05. The van der Waals surface area contributed by atoms with E-state index >= 15 is 0 Å². The van der Waals surface area contributed by atoms with Crippen LogP contribution in [0.1, 0.15) is 16.8 Å². The molecule has 0 atom stereocenters. The van der Waals surface area contributed by atoms with Gasteiger partial charge in [-0.15, -0.1) is 4.13 Å². The number of esters is 1. The molecule has 0 bridgehead atoms. The Kier molecular flexibility index (Phi) is 7.15. The average Bonchev–Trinajstić information content (AvgIpc) is 2.59. The fourth-order valence-electron chi connectivity index (χ4n) is 1.94. The lowest BCUT2D eigenvalue weighted by Gasteiger charge is -2.08. The SMILES string of the molecule is O=C(OCCCS(=O)(=O)NS(=O)(=O)c1ccccc1)c1ccc(I)cc1. The summed E-state index contributed by atoms with van der Waals surface area (Å²) in [5.41, 5.74) is 0.359. The van der Waals surface area contributed by atoms with E-state index in [1.54, 1.807) is 34.5 Å². The first kappa shape index (κ1) is 20.8. The van der Waals surface area contributed by atoms with Gasteiger partial charge < -0.3 is 4.74 Å². The van der Waals surface area contributed by atoms with E-state index < -0.39 is 31.8 Å². The topological polar surface area (TPSA) is 107 Å². The summed E-state index contributed by atoms with van der Waals surface area (Å²) in [7, 11) is -8.25. The number of carbonyl (C=O) groups excluding carboxylic acids is 1. The Labute approximate surface area is 166 Å². The van der Waals surface area contributed by atoms with Crippen molar-refractivity contribution in [3.63, 3.8) is 0 Å². The second-order valence-corrected chi connectivity index (χ2v) is 10.2. The number of halogens is 1. The van der Waals surface area contributed by atoms with Crippen molar-refractivity contribution in [2.24, 2.45) is 0 Å². The van der Waals surface area contributed by atoms with Gasteiger partial charge in [0.1, 0.15) is 0 Å². The van der Waals surface area contributed by atoms with Crippen LogP contribution in [-0.2, 0) is 24.8 Å². The largest absolute Gasteiger partial charge is 0.462 e. The lowest BCUT2D eigenvalue weighted by molar-refractivity contribution is 0.0505. The molecule has 0 aliphatic rings. The molecular formula is C16H16INO6S2. The molecule has 2 aromatic carbocycles. The molecule has 0 aliphatic carbocycles. The number of carbonyl (C=O) groups is 1. The van der Waals surface area contributed by atoms with Gasteiger partial charge in [-0.1, -0.05) is 18.2 Å². The first-order valence-corrected chi connectivity index (χ1v) is 11.6. The number of ether oxygens (including phenoxy) is 1. The van der Waals surface area contributed by atoms with E-state index in [0.29, 0.717) is 5.56 Å². The maximum Gasteiger partial charge on any atom is 0.338 e. The Morgan fingerprint density at radius 3 is 2.19 bits per heavy atom. The predicted molar refractivity (Wildman–Crippen MR) is 105 cm³/mol. The van der Waals surface area contributed by atoms with Crippen LogP contribution in [0.25, 0.3) is 0 Å². The zero-order chi connectivity index (χ0) is 19.2. The van der Waals surface area contributed by atoms with Gasteiger partial charge in [0.25, 0.3) is 10.0 Å². The molecule has 0 saturated carbocycles. The Morgan fingerprint density at radius 2 is 1.58 bits per heavy atom. The van der Waals surface area contributed by atoms with Crippen LogP contribution >= 0.6 is 22.6 Å². The number of nitrogens with one attached hydrogen (secondary N) is 1. The van der Waals surface area contributed by atoms with Crippen LogP contribution in [0.5, 0.6) is 0 Å². The highest BCUT2D eigenvalue weighted by atomic mass is 127. The molecule has 0 radical (unpaired) electrons. The third-order valence-corrected chi connectivity index (χ3v) is 7.49. The van der Waals surface area contributed by atoms with E-state index in [2.05, 4.69) is 22.6 Å². The van der Waals surface area contributed by atoms with Gasteiger partial charge >= 0.3 is 5.97 Å². The standard InChI is InChI=1S/C16H16INO6S2/c17-14-9-7-13(8-10-14)16(19)24-11-4-12-25(20,21)18-26(22,23)15-5-2-1-3-6-15/h1-3,5-10,18H,4,11-12H2. The van der Waals surface area contributed by atoms with Crippen molar-refractivity contribution in [3.05, 3.63) is 63.7 Å². The van der Waals surface area contributed by atoms with Crippen LogP contribution in [0, 0.1) is 3.57 Å². The predicted octanol–water partition coefficient (Wildman–Crippen LogP) is 2.15. The van der Waals surface area contributed by atoms with E-state index in [0.717, 1.165) is 3.57 Å². The van der Waals surface area contributed by atoms with Crippen molar-refractivity contribution in [2.75, 3.05) is 12.4 Å². The Balaban J connectivity index is 1.84. The van der Waals surface area contributed by atoms with E-state index in [1.807, 2.05) is 0 Å². The number of benzene rings is 2. The lowest BCUT2D eigenvalue weighted by Crippen LogP contribution is -2.33. The molecule has 0 unspecified atom stereocenters. The van der Waals surface area contributed by atoms with Gasteiger partial charge in [0.2, 0.25) is 10.0 Å². The van der Waals surface area contributed by atoms with Crippen molar-refractivity contribution in [1.82, 2.24) is 4.13 Å². The molecule has 10 heteroatoms. The molecule has 7 nitrogen and oxygen atoms in total. The smallest absolute Gasteiger partial charge is 0.338 e. The highest BCUT2D eigenvalue weighted by Crippen LogP contribution is 2.10. The third-order valence-electron chi connectivity index (χ3n) is 3.16. The number of sulfonamides is 2. The number of hydrogen-bond donors (Lipinski definition) is 1. The summed E-state index contributed by atoms with van der Waals surface area (Å²) in [6, 6.07) is 13.9. The van der Waals surface area contributed by atoms with Crippen molar-refractivity contribution >= 4 is 48.6 Å². The Hall–Kier alpha value is -1.50. The molecule has 0 saturated heterocycles. The van der Waals surface area contributed by atoms with Crippen molar-refractivity contribution < 1.29 is 26.4 Å². The highest BCUT2D eigenvalue weighted by molar-refractivity contribution is 14.1. The van der Waals surface area contributed by atoms with Gasteiger partial charge in [0.05, 0.1) is 22.8 Å². The van der Waals surface area contributed by atoms with E-state index in [1.165, 1.54) is 24.3 Å². The Bertz CT molecular complexity index is 958. The van der Waals surface area contributed by atoms with E-state index in [4.69, 9.17) is 4.74 Å². The van der Waals surface area contributed by atoms with Crippen molar-refractivity contribution in [3.8, 4) is 0 Å². The molecule has 0 aliphatic heterocycles. The van der Waals surface area contributed by atoms with Gasteiger partial charge in [0.15, 0.2) is 0 Å². The molecular weight excluding hydrogens is 493 g/mol. The van der Waals surface area contributed by atoms with Crippen LogP contribution in [0.3, 0.4) is 0 Å². The van der Waals surface area contributed by atoms with Gasteiger partial charge in [-0.3, -0.25) is 0 Å². The zero-order valence-electron chi connectivity index (χ0n) is 13.5. The molecule has 0 amide bonds. The molecule has 0 spiro atoms. The zero-order valence-corrected chi connectivity index (χ0v) is 17.3. The van der Waals surface area contributed by atoms with Crippen LogP contribution in [0.2, 0.25) is 0 Å². The molecule has 0 aromatic heterocycles. The maximum absolute atomic E-state index is 12.0. The van der Waals surface area contributed by atoms with Crippen LogP contribution in [0.4, 0.5) is 0 Å². The van der Waals surface area contributed by atoms with Gasteiger partial charge in [-0.2, -0.15) is 0 Å².